The molecule has 98 valence electrons. The van der Waals surface area contributed by atoms with E-state index in [0.717, 1.165) is 12.3 Å². The van der Waals surface area contributed by atoms with Crippen LogP contribution in [0.5, 0.6) is 0 Å². The van der Waals surface area contributed by atoms with Crippen LogP contribution in [-0.2, 0) is 14.3 Å². The number of carbonyl (C=O) groups is 2. The number of rotatable bonds is 6. The van der Waals surface area contributed by atoms with Crippen LogP contribution < -0.4 is 5.32 Å². The average molecular weight is 241 g/mol. The minimum atomic E-state index is -0.442. The largest absolute Gasteiger partial charge is 0.466 e. The topological polar surface area (TPSA) is 55.4 Å². The zero-order chi connectivity index (χ0) is 12.5. The molecule has 0 atom stereocenters. The first-order valence-corrected chi connectivity index (χ1v) is 6.64. The molecule has 1 amide bonds. The zero-order valence-corrected chi connectivity index (χ0v) is 10.7. The fraction of sp³-hybridized carbons (Fsp3) is 0.846. The van der Waals surface area contributed by atoms with Gasteiger partial charge in [-0.1, -0.05) is 32.1 Å². The number of amides is 1. The van der Waals surface area contributed by atoms with E-state index in [4.69, 9.17) is 4.74 Å². The fourth-order valence-corrected chi connectivity index (χ4v) is 2.30. The predicted octanol–water partition coefficient (Wildman–Crippen LogP) is 2.03. The molecule has 0 aromatic rings. The molecule has 0 heterocycles. The van der Waals surface area contributed by atoms with Gasteiger partial charge in [-0.25, -0.2) is 0 Å². The van der Waals surface area contributed by atoms with E-state index in [-0.39, 0.29) is 12.3 Å². The molecule has 17 heavy (non-hydrogen) atoms. The van der Waals surface area contributed by atoms with E-state index in [1.165, 1.54) is 32.1 Å². The number of carbonyl (C=O) groups excluding carboxylic acids is 2. The highest BCUT2D eigenvalue weighted by molar-refractivity contribution is 5.94. The molecule has 1 fully saturated rings. The van der Waals surface area contributed by atoms with Crippen molar-refractivity contribution in [2.45, 2.75) is 51.9 Å². The van der Waals surface area contributed by atoms with Crippen molar-refractivity contribution in [1.29, 1.82) is 0 Å². The van der Waals surface area contributed by atoms with E-state index in [1.54, 1.807) is 6.92 Å². The maximum Gasteiger partial charge on any atom is 0.315 e. The molecule has 0 aromatic carbocycles. The highest BCUT2D eigenvalue weighted by Crippen LogP contribution is 2.25. The molecule has 0 unspecified atom stereocenters. The number of hydrogen-bond acceptors (Lipinski definition) is 3. The predicted molar refractivity (Wildman–Crippen MR) is 65.5 cm³/mol. The van der Waals surface area contributed by atoms with Crippen LogP contribution in [0.4, 0.5) is 0 Å². The van der Waals surface area contributed by atoms with Crippen LogP contribution in [-0.4, -0.2) is 25.0 Å². The van der Waals surface area contributed by atoms with Crippen LogP contribution in [0.2, 0.25) is 0 Å². The summed E-state index contributed by atoms with van der Waals surface area (Å²) in [6.45, 7) is 2.75. The smallest absolute Gasteiger partial charge is 0.315 e. The van der Waals surface area contributed by atoms with Crippen molar-refractivity contribution in [3.63, 3.8) is 0 Å². The van der Waals surface area contributed by atoms with Gasteiger partial charge < -0.3 is 10.1 Å². The summed E-state index contributed by atoms with van der Waals surface area (Å²) in [5.41, 5.74) is 0. The van der Waals surface area contributed by atoms with Crippen LogP contribution in [0.3, 0.4) is 0 Å². The summed E-state index contributed by atoms with van der Waals surface area (Å²) in [6.07, 6.45) is 7.45. The van der Waals surface area contributed by atoms with E-state index in [1.807, 2.05) is 0 Å². The summed E-state index contributed by atoms with van der Waals surface area (Å²) in [4.78, 5) is 22.4. The molecular weight excluding hydrogens is 218 g/mol. The molecule has 0 bridgehead atoms. The second kappa shape index (κ2) is 8.09. The lowest BCUT2D eigenvalue weighted by atomic mass is 9.87. The molecule has 0 aromatic heterocycles. The summed E-state index contributed by atoms with van der Waals surface area (Å²) < 4.78 is 4.71. The lowest BCUT2D eigenvalue weighted by Gasteiger charge is -2.21. The van der Waals surface area contributed by atoms with Crippen molar-refractivity contribution in [3.8, 4) is 0 Å². The second-order valence-corrected chi connectivity index (χ2v) is 4.62. The lowest BCUT2D eigenvalue weighted by molar-refractivity contribution is -0.145. The van der Waals surface area contributed by atoms with Crippen molar-refractivity contribution in [2.24, 2.45) is 5.92 Å². The van der Waals surface area contributed by atoms with Crippen molar-refractivity contribution >= 4 is 11.9 Å². The average Bonchev–Trinajstić information content (AvgIpc) is 2.30. The second-order valence-electron chi connectivity index (χ2n) is 4.62. The Kier molecular flexibility index (Phi) is 6.67. The van der Waals surface area contributed by atoms with E-state index in [2.05, 4.69) is 5.32 Å². The van der Waals surface area contributed by atoms with Crippen LogP contribution in [0, 0.1) is 5.92 Å². The van der Waals surface area contributed by atoms with Gasteiger partial charge in [0, 0.05) is 6.54 Å². The van der Waals surface area contributed by atoms with Crippen molar-refractivity contribution in [3.05, 3.63) is 0 Å². The molecule has 4 heteroatoms. The first-order valence-electron chi connectivity index (χ1n) is 6.64. The van der Waals surface area contributed by atoms with Gasteiger partial charge in [0.2, 0.25) is 5.91 Å². The van der Waals surface area contributed by atoms with Gasteiger partial charge in [0.15, 0.2) is 0 Å². The van der Waals surface area contributed by atoms with Crippen molar-refractivity contribution in [1.82, 2.24) is 5.32 Å². The van der Waals surface area contributed by atoms with Gasteiger partial charge in [-0.3, -0.25) is 9.59 Å². The van der Waals surface area contributed by atoms with E-state index in [9.17, 15) is 9.59 Å². The fourth-order valence-electron chi connectivity index (χ4n) is 2.30. The summed E-state index contributed by atoms with van der Waals surface area (Å²) in [5, 5.41) is 2.78. The summed E-state index contributed by atoms with van der Waals surface area (Å²) in [5.74, 6) is 0.0913. The molecule has 1 saturated carbocycles. The van der Waals surface area contributed by atoms with Gasteiger partial charge >= 0.3 is 5.97 Å². The molecule has 0 aliphatic heterocycles. The van der Waals surface area contributed by atoms with Crippen LogP contribution in [0.25, 0.3) is 0 Å². The molecule has 4 nitrogen and oxygen atoms in total. The molecule has 0 saturated heterocycles. The Morgan fingerprint density at radius 1 is 1.24 bits per heavy atom. The van der Waals surface area contributed by atoms with Gasteiger partial charge in [-0.2, -0.15) is 0 Å². The molecule has 0 spiro atoms. The Bertz CT molecular complexity index is 247. The van der Waals surface area contributed by atoms with Gasteiger partial charge in [-0.15, -0.1) is 0 Å². The normalized spacial score (nSPS) is 16.5. The third-order valence-corrected chi connectivity index (χ3v) is 3.21. The standard InChI is InChI=1S/C13H23NO3/c1-2-17-13(16)10-12(15)14-9-8-11-6-4-3-5-7-11/h11H,2-10H2,1H3,(H,14,15). The van der Waals surface area contributed by atoms with Crippen LogP contribution in [0.1, 0.15) is 51.9 Å². The maximum absolute atomic E-state index is 11.4. The first kappa shape index (κ1) is 14.0. The van der Waals surface area contributed by atoms with Gasteiger partial charge in [0.25, 0.3) is 0 Å². The minimum Gasteiger partial charge on any atom is -0.466 e. The highest BCUT2D eigenvalue weighted by Gasteiger charge is 2.14. The molecule has 1 N–H and O–H groups in total. The van der Waals surface area contributed by atoms with Crippen LogP contribution >= 0.6 is 0 Å². The molecule has 0 radical (unpaired) electrons. The Morgan fingerprint density at radius 2 is 1.94 bits per heavy atom. The molecule has 1 aliphatic carbocycles. The van der Waals surface area contributed by atoms with E-state index in [0.29, 0.717) is 13.2 Å². The third kappa shape index (κ3) is 6.29. The van der Waals surface area contributed by atoms with Crippen LogP contribution in [0.15, 0.2) is 0 Å². The van der Waals surface area contributed by atoms with Gasteiger partial charge in [0.1, 0.15) is 6.42 Å². The number of hydrogen-bond donors (Lipinski definition) is 1. The van der Waals surface area contributed by atoms with E-state index < -0.39 is 5.97 Å². The van der Waals surface area contributed by atoms with E-state index >= 15 is 0 Å². The summed E-state index contributed by atoms with van der Waals surface area (Å²) in [6, 6.07) is 0. The monoisotopic (exact) mass is 241 g/mol. The molecule has 1 rings (SSSR count). The Balaban J connectivity index is 2.05. The Hall–Kier alpha value is -1.06. The first-order chi connectivity index (χ1) is 8.22. The SMILES string of the molecule is CCOC(=O)CC(=O)NCCC1CCCCC1. The van der Waals surface area contributed by atoms with Gasteiger partial charge in [0.05, 0.1) is 6.61 Å². The number of ether oxygens (including phenoxy) is 1. The lowest BCUT2D eigenvalue weighted by Crippen LogP contribution is -2.28. The molecule has 1 aliphatic rings. The summed E-state index contributed by atoms with van der Waals surface area (Å²) in [7, 11) is 0. The highest BCUT2D eigenvalue weighted by atomic mass is 16.5. The Morgan fingerprint density at radius 3 is 2.59 bits per heavy atom. The quantitative estimate of drug-likeness (QED) is 0.572. The zero-order valence-electron chi connectivity index (χ0n) is 10.7. The minimum absolute atomic E-state index is 0.154. The number of nitrogens with one attached hydrogen (secondary N) is 1. The maximum atomic E-state index is 11.4. The number of esters is 1. The summed E-state index contributed by atoms with van der Waals surface area (Å²) >= 11 is 0. The van der Waals surface area contributed by atoms with Crippen molar-refractivity contribution in [2.75, 3.05) is 13.2 Å². The van der Waals surface area contributed by atoms with Gasteiger partial charge in [-0.05, 0) is 19.3 Å². The molecular formula is C13H23NO3. The third-order valence-electron chi connectivity index (χ3n) is 3.21. The Labute approximate surface area is 103 Å². The van der Waals surface area contributed by atoms with Crippen molar-refractivity contribution < 1.29 is 14.3 Å².